The van der Waals surface area contributed by atoms with Gasteiger partial charge in [-0.15, -0.1) is 0 Å². The fourth-order valence-electron chi connectivity index (χ4n) is 2.76. The molecule has 3 aromatic carbocycles. The van der Waals surface area contributed by atoms with Crippen molar-refractivity contribution in [2.24, 2.45) is 0 Å². The molecule has 0 radical (unpaired) electrons. The van der Waals surface area contributed by atoms with Crippen molar-refractivity contribution < 1.29 is 0 Å². The van der Waals surface area contributed by atoms with Gasteiger partial charge < -0.3 is 0 Å². The summed E-state index contributed by atoms with van der Waals surface area (Å²) in [7, 11) is 0. The van der Waals surface area contributed by atoms with Gasteiger partial charge >= 0.3 is 0 Å². The molecule has 3 rings (SSSR count). The minimum Gasteiger partial charge on any atom is -0.0984 e. The van der Waals surface area contributed by atoms with Gasteiger partial charge in [-0.2, -0.15) is 0 Å². The lowest BCUT2D eigenvalue weighted by Gasteiger charge is -2.14. The number of aryl methyl sites for hydroxylation is 1. The zero-order valence-electron chi connectivity index (χ0n) is 12.2. The van der Waals surface area contributed by atoms with Crippen LogP contribution in [0.25, 0.3) is 28.3 Å². The molecule has 3 aromatic rings. The zero-order chi connectivity index (χ0) is 14.7. The molecular formula is C21H18. The Labute approximate surface area is 126 Å². The predicted octanol–water partition coefficient (Wildman–Crippen LogP) is 5.97. The van der Waals surface area contributed by atoms with Crippen molar-refractivity contribution in [1.29, 1.82) is 0 Å². The molecule has 21 heavy (non-hydrogen) atoms. The Balaban J connectivity index is 2.25. The Bertz CT molecular complexity index is 767. The first-order valence-corrected chi connectivity index (χ1v) is 7.18. The van der Waals surface area contributed by atoms with Gasteiger partial charge in [0.15, 0.2) is 0 Å². The van der Waals surface area contributed by atoms with Crippen molar-refractivity contribution >= 4 is 6.08 Å². The molecule has 0 spiro atoms. The molecule has 0 atom stereocenters. The largest absolute Gasteiger partial charge is 0.0984 e. The van der Waals surface area contributed by atoms with E-state index in [0.717, 1.165) is 0 Å². The first kappa shape index (κ1) is 13.4. The lowest BCUT2D eigenvalue weighted by atomic mass is 9.90. The molecule has 0 aliphatic carbocycles. The summed E-state index contributed by atoms with van der Waals surface area (Å²) in [6.45, 7) is 6.18. The van der Waals surface area contributed by atoms with Crippen LogP contribution >= 0.6 is 0 Å². The molecule has 0 unspecified atom stereocenters. The van der Waals surface area contributed by atoms with Crippen LogP contribution in [0.1, 0.15) is 11.1 Å². The molecule has 102 valence electrons. The molecule has 0 fully saturated rings. The molecule has 0 aliphatic heterocycles. The molecule has 0 heterocycles. The summed E-state index contributed by atoms with van der Waals surface area (Å²) in [4.78, 5) is 0. The van der Waals surface area contributed by atoms with Crippen molar-refractivity contribution in [2.75, 3.05) is 0 Å². The molecule has 0 saturated carbocycles. The van der Waals surface area contributed by atoms with Gasteiger partial charge in [-0.1, -0.05) is 85.5 Å². The number of rotatable bonds is 3. The van der Waals surface area contributed by atoms with E-state index in [1.165, 1.54) is 33.4 Å². The SMILES string of the molecule is C=Cc1c(-c2ccccc2)cccc1-c1ccccc1C. The van der Waals surface area contributed by atoms with Crippen molar-refractivity contribution in [1.82, 2.24) is 0 Å². The second-order valence-corrected chi connectivity index (χ2v) is 5.15. The van der Waals surface area contributed by atoms with E-state index >= 15 is 0 Å². The van der Waals surface area contributed by atoms with Gasteiger partial charge in [-0.3, -0.25) is 0 Å². The van der Waals surface area contributed by atoms with Crippen LogP contribution in [-0.4, -0.2) is 0 Å². The van der Waals surface area contributed by atoms with E-state index in [9.17, 15) is 0 Å². The van der Waals surface area contributed by atoms with E-state index in [1.807, 2.05) is 12.1 Å². The standard InChI is InChI=1S/C21H18/c1-3-18-20(17-11-5-4-6-12-17)14-9-15-21(18)19-13-8-7-10-16(19)2/h3-15H,1H2,2H3. The maximum atomic E-state index is 4.03. The second kappa shape index (κ2) is 5.80. The van der Waals surface area contributed by atoms with Crippen LogP contribution in [0.2, 0.25) is 0 Å². The van der Waals surface area contributed by atoms with Gasteiger partial charge in [0.2, 0.25) is 0 Å². The minimum atomic E-state index is 1.19. The van der Waals surface area contributed by atoms with Crippen molar-refractivity contribution in [3.05, 3.63) is 90.5 Å². The Morgan fingerprint density at radius 1 is 0.667 bits per heavy atom. The Kier molecular flexibility index (Phi) is 3.70. The molecule has 0 bridgehead atoms. The van der Waals surface area contributed by atoms with E-state index in [4.69, 9.17) is 0 Å². The highest BCUT2D eigenvalue weighted by molar-refractivity contribution is 5.86. The third-order valence-electron chi connectivity index (χ3n) is 3.83. The van der Waals surface area contributed by atoms with E-state index in [0.29, 0.717) is 0 Å². The monoisotopic (exact) mass is 270 g/mol. The molecule has 0 saturated heterocycles. The van der Waals surface area contributed by atoms with Gasteiger partial charge in [0.1, 0.15) is 0 Å². The van der Waals surface area contributed by atoms with Gasteiger partial charge in [-0.05, 0) is 40.3 Å². The normalized spacial score (nSPS) is 10.3. The number of hydrogen-bond donors (Lipinski definition) is 0. The molecule has 0 aliphatic rings. The first-order chi connectivity index (χ1) is 10.3. The van der Waals surface area contributed by atoms with Crippen molar-refractivity contribution in [3.63, 3.8) is 0 Å². The van der Waals surface area contributed by atoms with E-state index in [-0.39, 0.29) is 0 Å². The highest BCUT2D eigenvalue weighted by Gasteiger charge is 2.10. The molecule has 0 aromatic heterocycles. The van der Waals surface area contributed by atoms with E-state index < -0.39 is 0 Å². The fraction of sp³-hybridized carbons (Fsp3) is 0.0476. The third kappa shape index (κ3) is 2.53. The summed E-state index contributed by atoms with van der Waals surface area (Å²) in [5.41, 5.74) is 7.44. The van der Waals surface area contributed by atoms with Crippen LogP contribution in [0.5, 0.6) is 0 Å². The maximum Gasteiger partial charge on any atom is -0.0103 e. The van der Waals surface area contributed by atoms with Crippen molar-refractivity contribution in [3.8, 4) is 22.3 Å². The zero-order valence-corrected chi connectivity index (χ0v) is 12.2. The van der Waals surface area contributed by atoms with Crippen LogP contribution in [0.3, 0.4) is 0 Å². The van der Waals surface area contributed by atoms with Gasteiger partial charge in [0.05, 0.1) is 0 Å². The summed E-state index contributed by atoms with van der Waals surface area (Å²) >= 11 is 0. The summed E-state index contributed by atoms with van der Waals surface area (Å²) in [6.07, 6.45) is 1.96. The molecular weight excluding hydrogens is 252 g/mol. The lowest BCUT2D eigenvalue weighted by Crippen LogP contribution is -1.90. The lowest BCUT2D eigenvalue weighted by molar-refractivity contribution is 1.45. The molecule has 0 amide bonds. The summed E-state index contributed by atoms with van der Waals surface area (Å²) in [5, 5.41) is 0. The Morgan fingerprint density at radius 2 is 1.29 bits per heavy atom. The maximum absolute atomic E-state index is 4.03. The second-order valence-electron chi connectivity index (χ2n) is 5.15. The average Bonchev–Trinajstić information content (AvgIpc) is 2.55. The first-order valence-electron chi connectivity index (χ1n) is 7.18. The minimum absolute atomic E-state index is 1.19. The average molecular weight is 270 g/mol. The van der Waals surface area contributed by atoms with E-state index in [1.54, 1.807) is 0 Å². The van der Waals surface area contributed by atoms with Crippen LogP contribution in [0.4, 0.5) is 0 Å². The van der Waals surface area contributed by atoms with E-state index in [2.05, 4.69) is 80.2 Å². The van der Waals surface area contributed by atoms with Gasteiger partial charge in [0.25, 0.3) is 0 Å². The number of benzene rings is 3. The molecule has 0 N–H and O–H groups in total. The smallest absolute Gasteiger partial charge is 0.0103 e. The Morgan fingerprint density at radius 3 is 2.00 bits per heavy atom. The van der Waals surface area contributed by atoms with Crippen LogP contribution in [-0.2, 0) is 0 Å². The molecule has 0 nitrogen and oxygen atoms in total. The topological polar surface area (TPSA) is 0 Å². The highest BCUT2D eigenvalue weighted by atomic mass is 14.1. The van der Waals surface area contributed by atoms with Crippen LogP contribution in [0.15, 0.2) is 79.4 Å². The van der Waals surface area contributed by atoms with Gasteiger partial charge in [0, 0.05) is 0 Å². The molecule has 0 heteroatoms. The van der Waals surface area contributed by atoms with Crippen molar-refractivity contribution in [2.45, 2.75) is 6.92 Å². The quantitative estimate of drug-likeness (QED) is 0.550. The third-order valence-corrected chi connectivity index (χ3v) is 3.83. The Hall–Kier alpha value is -2.60. The summed E-state index contributed by atoms with van der Waals surface area (Å²) in [5.74, 6) is 0. The van der Waals surface area contributed by atoms with Gasteiger partial charge in [-0.25, -0.2) is 0 Å². The summed E-state index contributed by atoms with van der Waals surface area (Å²) in [6, 6.07) is 25.4. The van der Waals surface area contributed by atoms with Crippen LogP contribution in [0, 0.1) is 6.92 Å². The number of hydrogen-bond acceptors (Lipinski definition) is 0. The highest BCUT2D eigenvalue weighted by Crippen LogP contribution is 2.34. The fourth-order valence-corrected chi connectivity index (χ4v) is 2.76. The predicted molar refractivity (Wildman–Crippen MR) is 92.1 cm³/mol. The van der Waals surface area contributed by atoms with Crippen LogP contribution < -0.4 is 0 Å². The summed E-state index contributed by atoms with van der Waals surface area (Å²) < 4.78 is 0.